The molecule has 0 bridgehead atoms. The van der Waals surface area contributed by atoms with E-state index in [1.807, 2.05) is 6.92 Å². The Balaban J connectivity index is 2.65. The van der Waals surface area contributed by atoms with Crippen LogP contribution in [-0.4, -0.2) is 36.8 Å². The van der Waals surface area contributed by atoms with Crippen LogP contribution in [0.3, 0.4) is 0 Å². The van der Waals surface area contributed by atoms with Crippen LogP contribution in [0.2, 0.25) is 0 Å². The van der Waals surface area contributed by atoms with Crippen molar-refractivity contribution in [3.05, 3.63) is 0 Å². The van der Waals surface area contributed by atoms with Gasteiger partial charge in [0.25, 0.3) is 10.2 Å². The molecule has 7 heteroatoms. The number of rotatable bonds is 6. The molecule has 1 aliphatic rings. The first-order valence-corrected chi connectivity index (χ1v) is 7.39. The van der Waals surface area contributed by atoms with Gasteiger partial charge >= 0.3 is 0 Å². The zero-order valence-electron chi connectivity index (χ0n) is 9.48. The minimum Gasteiger partial charge on any atom is -0.392 e. The normalized spacial score (nSPS) is 19.8. The van der Waals surface area contributed by atoms with Crippen molar-refractivity contribution >= 4 is 27.4 Å². The minimum atomic E-state index is -3.41. The lowest BCUT2D eigenvalue weighted by atomic mass is 10.2. The second-order valence-electron chi connectivity index (χ2n) is 3.97. The molecule has 0 spiro atoms. The molecule has 0 amide bonds. The van der Waals surface area contributed by atoms with Crippen molar-refractivity contribution in [1.29, 1.82) is 0 Å². The van der Waals surface area contributed by atoms with Gasteiger partial charge < -0.3 is 5.73 Å². The molecule has 1 heterocycles. The Hall–Kier alpha value is -0.240. The van der Waals surface area contributed by atoms with Gasteiger partial charge in [-0.1, -0.05) is 25.6 Å². The van der Waals surface area contributed by atoms with E-state index in [1.165, 1.54) is 4.31 Å². The van der Waals surface area contributed by atoms with Crippen molar-refractivity contribution < 1.29 is 8.42 Å². The monoisotopic (exact) mass is 265 g/mol. The summed E-state index contributed by atoms with van der Waals surface area (Å²) in [6.07, 6.45) is 3.33. The zero-order chi connectivity index (χ0) is 12.2. The van der Waals surface area contributed by atoms with Crippen LogP contribution in [0, 0.1) is 0 Å². The highest BCUT2D eigenvalue weighted by molar-refractivity contribution is 7.87. The molecule has 1 fully saturated rings. The summed E-state index contributed by atoms with van der Waals surface area (Å²) in [6, 6.07) is -0.425. The number of nitrogens with two attached hydrogens (primary N) is 1. The Bertz CT molecular complexity index is 337. The number of nitrogens with zero attached hydrogens (tertiary/aromatic N) is 1. The largest absolute Gasteiger partial charge is 0.392 e. The summed E-state index contributed by atoms with van der Waals surface area (Å²) >= 11 is 4.86. The summed E-state index contributed by atoms with van der Waals surface area (Å²) in [7, 11) is -3.41. The van der Waals surface area contributed by atoms with E-state index in [0.717, 1.165) is 19.3 Å². The fraction of sp³-hybridized carbons (Fsp3) is 0.889. The first-order chi connectivity index (χ1) is 7.47. The number of hydrogen-bond acceptors (Lipinski definition) is 3. The molecule has 1 atom stereocenters. The lowest BCUT2D eigenvalue weighted by molar-refractivity contribution is 0.458. The molecule has 5 nitrogen and oxygen atoms in total. The van der Waals surface area contributed by atoms with E-state index < -0.39 is 16.3 Å². The average molecular weight is 265 g/mol. The van der Waals surface area contributed by atoms with E-state index in [0.29, 0.717) is 19.5 Å². The van der Waals surface area contributed by atoms with E-state index in [1.54, 1.807) is 0 Å². The predicted octanol–water partition coefficient (Wildman–Crippen LogP) is 0.371. The maximum Gasteiger partial charge on any atom is 0.280 e. The highest BCUT2D eigenvalue weighted by Crippen LogP contribution is 2.12. The Morgan fingerprint density at radius 2 is 2.06 bits per heavy atom. The summed E-state index contributed by atoms with van der Waals surface area (Å²) < 4.78 is 27.9. The third kappa shape index (κ3) is 3.65. The van der Waals surface area contributed by atoms with Crippen molar-refractivity contribution in [1.82, 2.24) is 9.03 Å². The highest BCUT2D eigenvalue weighted by Gasteiger charge is 2.28. The van der Waals surface area contributed by atoms with Gasteiger partial charge in [0.15, 0.2) is 0 Å². The van der Waals surface area contributed by atoms with Crippen LogP contribution in [0.5, 0.6) is 0 Å². The van der Waals surface area contributed by atoms with E-state index in [4.69, 9.17) is 18.0 Å². The molecule has 0 radical (unpaired) electrons. The Labute approximate surface area is 103 Å². The van der Waals surface area contributed by atoms with Crippen molar-refractivity contribution in [2.45, 2.75) is 38.6 Å². The zero-order valence-corrected chi connectivity index (χ0v) is 11.1. The number of hydrogen-bond donors (Lipinski definition) is 2. The van der Waals surface area contributed by atoms with Crippen molar-refractivity contribution in [3.63, 3.8) is 0 Å². The third-order valence-electron chi connectivity index (χ3n) is 2.62. The molecular formula is C9H19N3O2S2. The molecule has 0 aromatic carbocycles. The molecule has 0 aromatic heterocycles. The SMILES string of the molecule is CCCC(NS(=O)(=O)N1CCCC1)C(N)=S. The molecule has 0 aliphatic carbocycles. The summed E-state index contributed by atoms with van der Waals surface area (Å²) in [5.74, 6) is 0. The molecule has 94 valence electrons. The van der Waals surface area contributed by atoms with Crippen LogP contribution >= 0.6 is 12.2 Å². The molecular weight excluding hydrogens is 246 g/mol. The summed E-state index contributed by atoms with van der Waals surface area (Å²) in [6.45, 7) is 3.15. The first-order valence-electron chi connectivity index (χ1n) is 5.54. The third-order valence-corrected chi connectivity index (χ3v) is 4.53. The molecule has 1 rings (SSSR count). The second kappa shape index (κ2) is 5.90. The Morgan fingerprint density at radius 1 is 1.50 bits per heavy atom. The Morgan fingerprint density at radius 3 is 2.50 bits per heavy atom. The van der Waals surface area contributed by atoms with Crippen LogP contribution in [-0.2, 0) is 10.2 Å². The van der Waals surface area contributed by atoms with Crippen molar-refractivity contribution in [2.24, 2.45) is 5.73 Å². The first kappa shape index (κ1) is 13.8. The van der Waals surface area contributed by atoms with Gasteiger partial charge in [0.2, 0.25) is 0 Å². The smallest absolute Gasteiger partial charge is 0.280 e. The van der Waals surface area contributed by atoms with Crippen molar-refractivity contribution in [2.75, 3.05) is 13.1 Å². The Kier molecular flexibility index (Phi) is 5.10. The lowest BCUT2D eigenvalue weighted by Gasteiger charge is -2.21. The lowest BCUT2D eigenvalue weighted by Crippen LogP contribution is -2.48. The summed E-state index contributed by atoms with van der Waals surface area (Å²) in [4.78, 5) is 0.213. The van der Waals surface area contributed by atoms with E-state index in [-0.39, 0.29) is 4.99 Å². The standard InChI is InChI=1S/C9H19N3O2S2/c1-2-5-8(9(10)15)11-16(13,14)12-6-3-4-7-12/h8,11H,2-7H2,1H3,(H2,10,15). The van der Waals surface area contributed by atoms with Crippen LogP contribution in [0.1, 0.15) is 32.6 Å². The second-order valence-corrected chi connectivity index (χ2v) is 6.15. The van der Waals surface area contributed by atoms with Crippen molar-refractivity contribution in [3.8, 4) is 0 Å². The topological polar surface area (TPSA) is 75.4 Å². The highest BCUT2D eigenvalue weighted by atomic mass is 32.2. The van der Waals surface area contributed by atoms with Crippen LogP contribution in [0.15, 0.2) is 0 Å². The van der Waals surface area contributed by atoms with E-state index >= 15 is 0 Å². The van der Waals surface area contributed by atoms with Crippen LogP contribution in [0.4, 0.5) is 0 Å². The summed E-state index contributed by atoms with van der Waals surface area (Å²) in [5, 5.41) is 0. The van der Waals surface area contributed by atoms with Gasteiger partial charge in [-0.15, -0.1) is 0 Å². The van der Waals surface area contributed by atoms with E-state index in [2.05, 4.69) is 4.72 Å². The van der Waals surface area contributed by atoms with Crippen LogP contribution in [0.25, 0.3) is 0 Å². The fourth-order valence-corrected chi connectivity index (χ4v) is 3.47. The maximum absolute atomic E-state index is 11.9. The van der Waals surface area contributed by atoms with Gasteiger partial charge in [-0.05, 0) is 19.3 Å². The predicted molar refractivity (Wildman–Crippen MR) is 68.3 cm³/mol. The summed E-state index contributed by atoms with van der Waals surface area (Å²) in [5.41, 5.74) is 5.51. The van der Waals surface area contributed by atoms with Gasteiger partial charge in [0.05, 0.1) is 11.0 Å². The number of thiocarbonyl (C=S) groups is 1. The average Bonchev–Trinajstić information content (AvgIpc) is 2.69. The molecule has 1 unspecified atom stereocenters. The quantitative estimate of drug-likeness (QED) is 0.681. The fourth-order valence-electron chi connectivity index (χ4n) is 1.73. The molecule has 1 aliphatic heterocycles. The number of nitrogens with one attached hydrogen (secondary N) is 1. The van der Waals surface area contributed by atoms with Gasteiger partial charge in [-0.2, -0.15) is 17.4 Å². The van der Waals surface area contributed by atoms with Crippen LogP contribution < -0.4 is 10.5 Å². The van der Waals surface area contributed by atoms with Gasteiger partial charge in [-0.3, -0.25) is 0 Å². The molecule has 16 heavy (non-hydrogen) atoms. The maximum atomic E-state index is 11.9. The molecule has 0 saturated carbocycles. The molecule has 1 saturated heterocycles. The molecule has 0 aromatic rings. The van der Waals surface area contributed by atoms with Gasteiger partial charge in [0.1, 0.15) is 0 Å². The molecule has 3 N–H and O–H groups in total. The van der Waals surface area contributed by atoms with Gasteiger partial charge in [0, 0.05) is 13.1 Å². The minimum absolute atomic E-state index is 0.213. The van der Waals surface area contributed by atoms with E-state index in [9.17, 15) is 8.42 Å². The van der Waals surface area contributed by atoms with Gasteiger partial charge in [-0.25, -0.2) is 0 Å².